The molecule has 3 heterocycles. The molecule has 0 bridgehead atoms. The number of esters is 1. The van der Waals surface area contributed by atoms with Crippen LogP contribution in [-0.2, 0) is 9.53 Å². The second-order valence-corrected chi connectivity index (χ2v) is 10.6. The lowest BCUT2D eigenvalue weighted by Crippen LogP contribution is -2.39. The Balaban J connectivity index is 1.69. The fourth-order valence-electron chi connectivity index (χ4n) is 4.74. The SMILES string of the molecule is COC(=O)C1=C(C)N=c2sc(=Cc3cc(C)n(-c4ccc(Cl)c(Cl)c4)c3C)c(=O)n2C1c1ccccc1. The van der Waals surface area contributed by atoms with Gasteiger partial charge in [-0.2, -0.15) is 0 Å². The Morgan fingerprint density at radius 3 is 2.46 bits per heavy atom. The van der Waals surface area contributed by atoms with Crippen molar-refractivity contribution in [1.82, 2.24) is 9.13 Å². The summed E-state index contributed by atoms with van der Waals surface area (Å²) < 4.78 is 9.24. The number of benzene rings is 2. The van der Waals surface area contributed by atoms with Crippen molar-refractivity contribution in [3.8, 4) is 5.69 Å². The van der Waals surface area contributed by atoms with Gasteiger partial charge in [-0.25, -0.2) is 9.79 Å². The molecule has 0 amide bonds. The lowest BCUT2D eigenvalue weighted by Gasteiger charge is -2.24. The summed E-state index contributed by atoms with van der Waals surface area (Å²) in [6, 6.07) is 16.3. The zero-order chi connectivity index (χ0) is 26.4. The van der Waals surface area contributed by atoms with Crippen molar-refractivity contribution in [3.05, 3.63) is 118 Å². The van der Waals surface area contributed by atoms with Gasteiger partial charge >= 0.3 is 5.97 Å². The highest BCUT2D eigenvalue weighted by atomic mass is 35.5. The first-order chi connectivity index (χ1) is 17.7. The van der Waals surface area contributed by atoms with Crippen molar-refractivity contribution < 1.29 is 9.53 Å². The highest BCUT2D eigenvalue weighted by molar-refractivity contribution is 7.07. The van der Waals surface area contributed by atoms with Gasteiger partial charge in [-0.3, -0.25) is 9.36 Å². The van der Waals surface area contributed by atoms with Crippen LogP contribution in [0.3, 0.4) is 0 Å². The molecule has 5 rings (SSSR count). The van der Waals surface area contributed by atoms with E-state index in [1.54, 1.807) is 17.6 Å². The van der Waals surface area contributed by atoms with E-state index in [0.29, 0.717) is 30.6 Å². The summed E-state index contributed by atoms with van der Waals surface area (Å²) in [5.74, 6) is -0.505. The molecule has 6 nitrogen and oxygen atoms in total. The molecule has 9 heteroatoms. The fraction of sp³-hybridized carbons (Fsp3) is 0.179. The maximum Gasteiger partial charge on any atom is 0.338 e. The lowest BCUT2D eigenvalue weighted by atomic mass is 9.96. The number of thiazole rings is 1. The predicted molar refractivity (Wildman–Crippen MR) is 147 cm³/mol. The van der Waals surface area contributed by atoms with Gasteiger partial charge in [0.25, 0.3) is 5.56 Å². The molecule has 1 unspecified atom stereocenters. The molecule has 2 aromatic carbocycles. The van der Waals surface area contributed by atoms with Crippen LogP contribution in [0.2, 0.25) is 10.0 Å². The van der Waals surface area contributed by atoms with Crippen molar-refractivity contribution in [2.24, 2.45) is 4.99 Å². The summed E-state index contributed by atoms with van der Waals surface area (Å²) in [5, 5.41) is 0.961. The van der Waals surface area contributed by atoms with Crippen molar-refractivity contribution >= 4 is 46.6 Å². The monoisotopic (exact) mass is 551 g/mol. The number of carbonyl (C=O) groups excluding carboxylic acids is 1. The zero-order valence-electron chi connectivity index (χ0n) is 20.6. The molecule has 2 aromatic heterocycles. The van der Waals surface area contributed by atoms with Gasteiger partial charge in [0.2, 0.25) is 0 Å². The van der Waals surface area contributed by atoms with Gasteiger partial charge in [-0.15, -0.1) is 0 Å². The van der Waals surface area contributed by atoms with E-state index in [0.717, 1.165) is 28.2 Å². The van der Waals surface area contributed by atoms with Gasteiger partial charge in [-0.1, -0.05) is 64.9 Å². The minimum absolute atomic E-state index is 0.217. The van der Waals surface area contributed by atoms with E-state index in [9.17, 15) is 9.59 Å². The second-order valence-electron chi connectivity index (χ2n) is 8.74. The molecule has 0 saturated carbocycles. The fourth-order valence-corrected chi connectivity index (χ4v) is 6.07. The van der Waals surface area contributed by atoms with Crippen molar-refractivity contribution in [1.29, 1.82) is 0 Å². The molecular weight excluding hydrogens is 529 g/mol. The molecule has 188 valence electrons. The largest absolute Gasteiger partial charge is 0.466 e. The Morgan fingerprint density at radius 1 is 1.05 bits per heavy atom. The number of fused-ring (bicyclic) bond motifs is 1. The molecule has 0 saturated heterocycles. The van der Waals surface area contributed by atoms with Gasteiger partial charge in [0.15, 0.2) is 4.80 Å². The zero-order valence-corrected chi connectivity index (χ0v) is 22.9. The quantitative estimate of drug-likeness (QED) is 0.330. The van der Waals surface area contributed by atoms with E-state index in [-0.39, 0.29) is 5.56 Å². The third-order valence-corrected chi connectivity index (χ3v) is 8.18. The Hall–Kier alpha value is -3.39. The van der Waals surface area contributed by atoms with Gasteiger partial charge in [-0.05, 0) is 62.2 Å². The molecule has 0 aliphatic carbocycles. The molecule has 0 fully saturated rings. The number of carbonyl (C=O) groups is 1. The van der Waals surface area contributed by atoms with E-state index < -0.39 is 12.0 Å². The molecule has 0 radical (unpaired) electrons. The van der Waals surface area contributed by atoms with Crippen LogP contribution in [0, 0.1) is 13.8 Å². The van der Waals surface area contributed by atoms with Crippen LogP contribution in [0.1, 0.15) is 35.5 Å². The summed E-state index contributed by atoms with van der Waals surface area (Å²) in [6.07, 6.45) is 1.87. The lowest BCUT2D eigenvalue weighted by molar-refractivity contribution is -0.136. The maximum absolute atomic E-state index is 13.8. The number of aromatic nitrogens is 2. The van der Waals surface area contributed by atoms with Crippen molar-refractivity contribution in [3.63, 3.8) is 0 Å². The van der Waals surface area contributed by atoms with Crippen molar-refractivity contribution in [2.45, 2.75) is 26.8 Å². The minimum atomic E-state index is -0.629. The predicted octanol–water partition coefficient (Wildman–Crippen LogP) is 5.12. The number of nitrogens with zero attached hydrogens (tertiary/aromatic N) is 3. The Kier molecular flexibility index (Phi) is 6.70. The summed E-state index contributed by atoms with van der Waals surface area (Å²) >= 11 is 13.7. The van der Waals surface area contributed by atoms with Crippen LogP contribution in [-0.4, -0.2) is 22.2 Å². The Morgan fingerprint density at radius 2 is 1.78 bits per heavy atom. The second kappa shape index (κ2) is 9.82. The summed E-state index contributed by atoms with van der Waals surface area (Å²) in [7, 11) is 1.33. The number of rotatable bonds is 4. The summed E-state index contributed by atoms with van der Waals surface area (Å²) in [4.78, 5) is 31.7. The average molecular weight is 552 g/mol. The van der Waals surface area contributed by atoms with Crippen LogP contribution in [0.15, 0.2) is 75.7 Å². The van der Waals surface area contributed by atoms with Crippen molar-refractivity contribution in [2.75, 3.05) is 7.11 Å². The standard InChI is InChI=1S/C28H23Cl2N3O3S/c1-15-12-19(17(3)32(15)20-10-11-21(29)22(30)14-20)13-23-26(34)33-25(18-8-6-5-7-9-18)24(27(35)36-4)16(2)31-28(33)37-23/h5-14,25H,1-4H3. The maximum atomic E-state index is 13.8. The third kappa shape index (κ3) is 4.37. The third-order valence-electron chi connectivity index (χ3n) is 6.46. The highest BCUT2D eigenvalue weighted by Crippen LogP contribution is 2.31. The van der Waals surface area contributed by atoms with E-state index in [2.05, 4.69) is 9.56 Å². The smallest absolute Gasteiger partial charge is 0.338 e. The number of halogens is 2. The van der Waals surface area contributed by atoms with Crippen LogP contribution in [0.5, 0.6) is 0 Å². The summed E-state index contributed by atoms with van der Waals surface area (Å²) in [5.41, 5.74) is 5.20. The Bertz CT molecular complexity index is 1760. The first-order valence-electron chi connectivity index (χ1n) is 11.5. The number of aryl methyl sites for hydroxylation is 1. The molecule has 1 atom stereocenters. The molecule has 0 N–H and O–H groups in total. The number of hydrogen-bond donors (Lipinski definition) is 0. The molecule has 37 heavy (non-hydrogen) atoms. The van der Waals surface area contributed by atoms with Gasteiger partial charge in [0.05, 0.1) is 39.0 Å². The van der Waals surface area contributed by atoms with Gasteiger partial charge in [0, 0.05) is 17.1 Å². The van der Waals surface area contributed by atoms with E-state index in [1.165, 1.54) is 18.4 Å². The van der Waals surface area contributed by atoms with E-state index >= 15 is 0 Å². The molecule has 0 spiro atoms. The van der Waals surface area contributed by atoms with Gasteiger partial charge in [0.1, 0.15) is 0 Å². The number of hydrogen-bond acceptors (Lipinski definition) is 5. The topological polar surface area (TPSA) is 65.6 Å². The minimum Gasteiger partial charge on any atom is -0.466 e. The average Bonchev–Trinajstić information content (AvgIpc) is 3.34. The normalized spacial score (nSPS) is 15.5. The van der Waals surface area contributed by atoms with Crippen LogP contribution in [0.25, 0.3) is 11.8 Å². The summed E-state index contributed by atoms with van der Waals surface area (Å²) in [6.45, 7) is 5.75. The highest BCUT2D eigenvalue weighted by Gasteiger charge is 2.33. The van der Waals surface area contributed by atoms with Crippen LogP contribution < -0.4 is 14.9 Å². The van der Waals surface area contributed by atoms with E-state index in [1.807, 2.05) is 68.5 Å². The Labute approximate surface area is 227 Å². The first kappa shape index (κ1) is 25.3. The first-order valence-corrected chi connectivity index (χ1v) is 13.1. The molecular formula is C28H23Cl2N3O3S. The van der Waals surface area contributed by atoms with Crippen LogP contribution >= 0.6 is 34.5 Å². The van der Waals surface area contributed by atoms with Crippen LogP contribution in [0.4, 0.5) is 0 Å². The number of ether oxygens (including phenoxy) is 1. The van der Waals surface area contributed by atoms with Gasteiger partial charge < -0.3 is 9.30 Å². The molecule has 1 aliphatic rings. The number of allylic oxidation sites excluding steroid dienone is 1. The number of methoxy groups -OCH3 is 1. The van der Waals surface area contributed by atoms with E-state index in [4.69, 9.17) is 27.9 Å². The molecule has 4 aromatic rings. The molecule has 1 aliphatic heterocycles.